The molecule has 0 atom stereocenters. The van der Waals surface area contributed by atoms with Crippen molar-refractivity contribution >= 4 is 28.4 Å². The molecule has 0 aliphatic carbocycles. The molecule has 1 N–H and O–H groups in total. The minimum atomic E-state index is -0.476. The molecule has 0 spiro atoms. The minimum absolute atomic E-state index is 0.0477. The van der Waals surface area contributed by atoms with Crippen LogP contribution in [0, 0.1) is 10.1 Å². The number of nitro groups is 1. The largest absolute Gasteiger partial charge is 0.436 e. The van der Waals surface area contributed by atoms with Crippen molar-refractivity contribution in [2.45, 2.75) is 26.2 Å². The third kappa shape index (κ3) is 3.65. The van der Waals surface area contributed by atoms with Gasteiger partial charge in [-0.15, -0.1) is 0 Å². The predicted molar refractivity (Wildman–Crippen MR) is 94.3 cm³/mol. The maximum absolute atomic E-state index is 12.0. The first-order valence-electron chi connectivity index (χ1n) is 8.02. The Morgan fingerprint density at radius 3 is 2.84 bits per heavy atom. The summed E-state index contributed by atoms with van der Waals surface area (Å²) < 4.78 is 5.71. The third-order valence-electron chi connectivity index (χ3n) is 3.77. The lowest BCUT2D eigenvalue weighted by Crippen LogP contribution is -2.11. The van der Waals surface area contributed by atoms with Gasteiger partial charge < -0.3 is 9.73 Å². The van der Waals surface area contributed by atoms with Gasteiger partial charge in [0.1, 0.15) is 5.52 Å². The molecule has 2 aromatic carbocycles. The molecule has 1 amide bonds. The van der Waals surface area contributed by atoms with Crippen LogP contribution in [0.25, 0.3) is 22.6 Å². The van der Waals surface area contributed by atoms with Crippen LogP contribution in [0.1, 0.15) is 26.2 Å². The topological polar surface area (TPSA) is 98.3 Å². The summed E-state index contributed by atoms with van der Waals surface area (Å²) in [5.41, 5.74) is 2.04. The van der Waals surface area contributed by atoms with Crippen LogP contribution in [0.5, 0.6) is 0 Å². The number of hydrogen-bond donors (Lipinski definition) is 1. The van der Waals surface area contributed by atoms with E-state index in [0.717, 1.165) is 12.8 Å². The Morgan fingerprint density at radius 1 is 1.28 bits per heavy atom. The van der Waals surface area contributed by atoms with Crippen LogP contribution >= 0.6 is 0 Å². The fourth-order valence-corrected chi connectivity index (χ4v) is 2.47. The second-order valence-corrected chi connectivity index (χ2v) is 5.63. The number of carbonyl (C=O) groups is 1. The van der Waals surface area contributed by atoms with E-state index in [2.05, 4.69) is 10.3 Å². The van der Waals surface area contributed by atoms with Crippen LogP contribution in [0.15, 0.2) is 46.9 Å². The zero-order valence-corrected chi connectivity index (χ0v) is 13.7. The molecule has 0 fully saturated rings. The van der Waals surface area contributed by atoms with Gasteiger partial charge in [0.15, 0.2) is 5.58 Å². The Kier molecular flexibility index (Phi) is 4.74. The molecule has 0 aliphatic heterocycles. The van der Waals surface area contributed by atoms with Crippen molar-refractivity contribution in [3.63, 3.8) is 0 Å². The highest BCUT2D eigenvalue weighted by molar-refractivity contribution is 5.95. The van der Waals surface area contributed by atoms with E-state index >= 15 is 0 Å². The van der Waals surface area contributed by atoms with Gasteiger partial charge in [-0.2, -0.15) is 0 Å². The number of fused-ring (bicyclic) bond motifs is 1. The number of benzene rings is 2. The van der Waals surface area contributed by atoms with Gasteiger partial charge in [-0.05, 0) is 24.6 Å². The molecule has 7 nitrogen and oxygen atoms in total. The Bertz CT molecular complexity index is 933. The fourth-order valence-electron chi connectivity index (χ4n) is 2.47. The second-order valence-electron chi connectivity index (χ2n) is 5.63. The van der Waals surface area contributed by atoms with Gasteiger partial charge in [0, 0.05) is 18.6 Å². The van der Waals surface area contributed by atoms with E-state index in [9.17, 15) is 14.9 Å². The smallest absolute Gasteiger partial charge is 0.271 e. The van der Waals surface area contributed by atoms with E-state index in [-0.39, 0.29) is 11.6 Å². The van der Waals surface area contributed by atoms with Crippen LogP contribution in [0.3, 0.4) is 0 Å². The number of hydrogen-bond acceptors (Lipinski definition) is 5. The summed E-state index contributed by atoms with van der Waals surface area (Å²) in [6, 6.07) is 11.4. The molecule has 0 unspecified atom stereocenters. The lowest BCUT2D eigenvalue weighted by molar-refractivity contribution is -0.384. The van der Waals surface area contributed by atoms with Crippen molar-refractivity contribution in [1.29, 1.82) is 0 Å². The highest BCUT2D eigenvalue weighted by Gasteiger charge is 2.16. The van der Waals surface area contributed by atoms with Gasteiger partial charge in [0.25, 0.3) is 5.69 Å². The molecule has 1 aromatic heterocycles. The van der Waals surface area contributed by atoms with Gasteiger partial charge >= 0.3 is 0 Å². The number of non-ortho nitro benzene ring substituents is 1. The van der Waals surface area contributed by atoms with Crippen LogP contribution in [0.4, 0.5) is 11.4 Å². The maximum atomic E-state index is 12.0. The summed E-state index contributed by atoms with van der Waals surface area (Å²) in [4.78, 5) is 26.7. The summed E-state index contributed by atoms with van der Waals surface area (Å²) >= 11 is 0. The maximum Gasteiger partial charge on any atom is 0.271 e. The number of rotatable bonds is 6. The molecule has 3 aromatic rings. The van der Waals surface area contributed by atoms with Gasteiger partial charge in [-0.3, -0.25) is 14.9 Å². The van der Waals surface area contributed by atoms with E-state index < -0.39 is 4.92 Å². The number of nitrogens with zero attached hydrogens (tertiary/aromatic N) is 2. The number of amides is 1. The van der Waals surface area contributed by atoms with Crippen molar-refractivity contribution in [3.8, 4) is 11.5 Å². The van der Waals surface area contributed by atoms with Crippen molar-refractivity contribution in [3.05, 3.63) is 52.6 Å². The van der Waals surface area contributed by atoms with Gasteiger partial charge in [0.2, 0.25) is 11.8 Å². The average Bonchev–Trinajstić information content (AvgIpc) is 3.03. The number of unbranched alkanes of at least 4 members (excludes halogenated alkanes) is 1. The molecule has 7 heteroatoms. The first kappa shape index (κ1) is 16.6. The second kappa shape index (κ2) is 7.12. The molecule has 0 saturated heterocycles. The minimum Gasteiger partial charge on any atom is -0.436 e. The quantitative estimate of drug-likeness (QED) is 0.525. The summed E-state index contributed by atoms with van der Waals surface area (Å²) in [6.07, 6.45) is 2.21. The van der Waals surface area contributed by atoms with E-state index in [4.69, 9.17) is 4.42 Å². The third-order valence-corrected chi connectivity index (χ3v) is 3.77. The lowest BCUT2D eigenvalue weighted by atomic mass is 10.1. The molecule has 0 saturated carbocycles. The molecule has 128 valence electrons. The molecule has 0 radical (unpaired) electrons. The molecule has 0 bridgehead atoms. The number of anilines is 1. The number of nitrogens with one attached hydrogen (secondary N) is 1. The van der Waals surface area contributed by atoms with Crippen LogP contribution in [0.2, 0.25) is 0 Å². The standard InChI is InChI=1S/C18H17N3O4/c1-2-3-8-17(22)19-14-7-5-4-6-13(14)18-20-15-11-12(21(23)24)9-10-16(15)25-18/h4-7,9-11H,2-3,8H2,1H3,(H,19,22). The molecule has 1 heterocycles. The van der Waals surface area contributed by atoms with E-state index in [0.29, 0.717) is 34.7 Å². The average molecular weight is 339 g/mol. The van der Waals surface area contributed by atoms with Gasteiger partial charge in [-0.25, -0.2) is 4.98 Å². The Labute approximate surface area is 143 Å². The zero-order chi connectivity index (χ0) is 17.8. The molecular weight excluding hydrogens is 322 g/mol. The van der Waals surface area contributed by atoms with Gasteiger partial charge in [0.05, 0.1) is 16.2 Å². The summed E-state index contributed by atoms with van der Waals surface area (Å²) in [6.45, 7) is 2.03. The van der Waals surface area contributed by atoms with Crippen LogP contribution in [-0.4, -0.2) is 15.8 Å². The number of aromatic nitrogens is 1. The summed E-state index contributed by atoms with van der Waals surface area (Å²) in [5.74, 6) is 0.239. The number of oxazole rings is 1. The fraction of sp³-hybridized carbons (Fsp3) is 0.222. The van der Waals surface area contributed by atoms with Crippen LogP contribution < -0.4 is 5.32 Å². The monoisotopic (exact) mass is 339 g/mol. The van der Waals surface area contributed by atoms with Crippen molar-refractivity contribution in [2.75, 3.05) is 5.32 Å². The van der Waals surface area contributed by atoms with E-state index in [1.165, 1.54) is 18.2 Å². The SMILES string of the molecule is CCCCC(=O)Nc1ccccc1-c1nc2cc([N+](=O)[O-])ccc2o1. The first-order valence-corrected chi connectivity index (χ1v) is 8.02. The first-order chi connectivity index (χ1) is 12.1. The summed E-state index contributed by atoms with van der Waals surface area (Å²) in [5, 5.41) is 13.8. The number of nitro benzene ring substituents is 1. The Hall–Kier alpha value is -3.22. The molecule has 3 rings (SSSR count). The zero-order valence-electron chi connectivity index (χ0n) is 13.7. The Balaban J connectivity index is 1.95. The molecule has 0 aliphatic rings. The number of carbonyl (C=O) groups excluding carboxylic acids is 1. The van der Waals surface area contributed by atoms with Gasteiger partial charge in [-0.1, -0.05) is 25.5 Å². The lowest BCUT2D eigenvalue weighted by Gasteiger charge is -2.08. The summed E-state index contributed by atoms with van der Waals surface area (Å²) in [7, 11) is 0. The molecule has 25 heavy (non-hydrogen) atoms. The number of para-hydroxylation sites is 1. The van der Waals surface area contributed by atoms with Crippen molar-refractivity contribution in [1.82, 2.24) is 4.98 Å². The van der Waals surface area contributed by atoms with E-state index in [1.807, 2.05) is 19.1 Å². The Morgan fingerprint density at radius 2 is 2.08 bits per heavy atom. The highest BCUT2D eigenvalue weighted by atomic mass is 16.6. The predicted octanol–water partition coefficient (Wildman–Crippen LogP) is 4.53. The normalized spacial score (nSPS) is 10.8. The van der Waals surface area contributed by atoms with Crippen molar-refractivity contribution in [2.24, 2.45) is 0 Å². The van der Waals surface area contributed by atoms with Crippen molar-refractivity contribution < 1.29 is 14.1 Å². The van der Waals surface area contributed by atoms with E-state index in [1.54, 1.807) is 12.1 Å². The van der Waals surface area contributed by atoms with Crippen LogP contribution in [-0.2, 0) is 4.79 Å². The molecular formula is C18H17N3O4. The highest BCUT2D eigenvalue weighted by Crippen LogP contribution is 2.31.